The Morgan fingerprint density at radius 1 is 1.47 bits per heavy atom. The van der Waals surface area contributed by atoms with E-state index in [4.69, 9.17) is 10.4 Å². The van der Waals surface area contributed by atoms with Crippen molar-refractivity contribution in [2.75, 3.05) is 0 Å². The summed E-state index contributed by atoms with van der Waals surface area (Å²) in [5, 5.41) is 17.8. The lowest BCUT2D eigenvalue weighted by molar-refractivity contribution is -0.139. The van der Waals surface area contributed by atoms with Crippen LogP contribution in [0.5, 0.6) is 0 Å². The number of carboxylic acid groups (broad SMARTS) is 1. The fourth-order valence-corrected chi connectivity index (χ4v) is 2.95. The highest BCUT2D eigenvalue weighted by molar-refractivity contribution is 7.89. The molecule has 6 nitrogen and oxygen atoms in total. The molecule has 0 saturated heterocycles. The van der Waals surface area contributed by atoms with E-state index in [0.717, 1.165) is 0 Å². The molecule has 0 aliphatic heterocycles. The van der Waals surface area contributed by atoms with Gasteiger partial charge in [0.05, 0.1) is 10.5 Å². The van der Waals surface area contributed by atoms with Gasteiger partial charge >= 0.3 is 5.97 Å². The van der Waals surface area contributed by atoms with Crippen LogP contribution in [-0.4, -0.2) is 25.5 Å². The van der Waals surface area contributed by atoms with E-state index in [1.165, 1.54) is 24.3 Å². The number of hydrogen-bond acceptors (Lipinski definition) is 4. The molecule has 1 aromatic carbocycles. The number of nitriles is 1. The second-order valence-electron chi connectivity index (χ2n) is 3.91. The molecule has 0 saturated carbocycles. The highest BCUT2D eigenvalue weighted by Crippen LogP contribution is 2.15. The molecule has 0 bridgehead atoms. The maximum Gasteiger partial charge on any atom is 0.321 e. The van der Waals surface area contributed by atoms with Gasteiger partial charge in [0.1, 0.15) is 12.1 Å². The van der Waals surface area contributed by atoms with Gasteiger partial charge in [-0.1, -0.05) is 25.5 Å². The van der Waals surface area contributed by atoms with Gasteiger partial charge in [-0.15, -0.1) is 0 Å². The van der Waals surface area contributed by atoms with Crippen molar-refractivity contribution in [1.82, 2.24) is 4.72 Å². The molecule has 1 aromatic rings. The summed E-state index contributed by atoms with van der Waals surface area (Å²) < 4.78 is 26.3. The number of carboxylic acids is 1. The van der Waals surface area contributed by atoms with Gasteiger partial charge in [0.25, 0.3) is 0 Å². The van der Waals surface area contributed by atoms with Crippen LogP contribution in [0.15, 0.2) is 29.2 Å². The van der Waals surface area contributed by atoms with Crippen LogP contribution < -0.4 is 4.72 Å². The van der Waals surface area contributed by atoms with Crippen molar-refractivity contribution >= 4 is 16.0 Å². The molecule has 0 aliphatic rings. The SMILES string of the molecule is CCC[C@@H](NS(=O)(=O)c1ccccc1C#N)C(=O)O. The smallest absolute Gasteiger partial charge is 0.321 e. The molecule has 0 aromatic heterocycles. The molecule has 2 N–H and O–H groups in total. The van der Waals surface area contributed by atoms with Crippen LogP contribution in [0.2, 0.25) is 0 Å². The van der Waals surface area contributed by atoms with Crippen molar-refractivity contribution in [2.45, 2.75) is 30.7 Å². The van der Waals surface area contributed by atoms with Crippen molar-refractivity contribution in [3.63, 3.8) is 0 Å². The minimum Gasteiger partial charge on any atom is -0.480 e. The monoisotopic (exact) mass is 282 g/mol. The Morgan fingerprint density at radius 3 is 2.63 bits per heavy atom. The Balaban J connectivity index is 3.11. The summed E-state index contributed by atoms with van der Waals surface area (Å²) in [6.07, 6.45) is 0.711. The fraction of sp³-hybridized carbons (Fsp3) is 0.333. The van der Waals surface area contributed by atoms with Gasteiger partial charge in [-0.25, -0.2) is 8.42 Å². The average Bonchev–Trinajstić information content (AvgIpc) is 2.38. The summed E-state index contributed by atoms with van der Waals surface area (Å²) >= 11 is 0. The summed E-state index contributed by atoms with van der Waals surface area (Å²) in [4.78, 5) is 10.8. The van der Waals surface area contributed by atoms with E-state index in [0.29, 0.717) is 6.42 Å². The topological polar surface area (TPSA) is 107 Å². The molecule has 0 heterocycles. The largest absolute Gasteiger partial charge is 0.480 e. The lowest BCUT2D eigenvalue weighted by Crippen LogP contribution is -2.40. The molecule has 0 radical (unpaired) electrons. The van der Waals surface area contributed by atoms with Gasteiger partial charge in [0.2, 0.25) is 10.0 Å². The zero-order valence-electron chi connectivity index (χ0n) is 10.3. The van der Waals surface area contributed by atoms with Crippen LogP contribution >= 0.6 is 0 Å². The number of nitrogens with one attached hydrogen (secondary N) is 1. The second kappa shape index (κ2) is 6.31. The van der Waals surface area contributed by atoms with Crippen LogP contribution in [0.3, 0.4) is 0 Å². The van der Waals surface area contributed by atoms with Gasteiger partial charge in [0.15, 0.2) is 0 Å². The van der Waals surface area contributed by atoms with Crippen LogP contribution in [0.1, 0.15) is 25.3 Å². The fourth-order valence-electron chi connectivity index (χ4n) is 1.57. The summed E-state index contributed by atoms with van der Waals surface area (Å²) in [5.74, 6) is -1.24. The lowest BCUT2D eigenvalue weighted by atomic mass is 10.2. The zero-order valence-corrected chi connectivity index (χ0v) is 11.1. The average molecular weight is 282 g/mol. The highest BCUT2D eigenvalue weighted by atomic mass is 32.2. The summed E-state index contributed by atoms with van der Waals surface area (Å²) in [5.41, 5.74) is -0.0179. The van der Waals surface area contributed by atoms with Gasteiger partial charge in [-0.05, 0) is 18.6 Å². The predicted molar refractivity (Wildman–Crippen MR) is 67.8 cm³/mol. The number of rotatable bonds is 6. The molecule has 0 spiro atoms. The molecule has 0 unspecified atom stereocenters. The first kappa shape index (κ1) is 15.1. The van der Waals surface area contributed by atoms with Crippen molar-refractivity contribution in [3.05, 3.63) is 29.8 Å². The second-order valence-corrected chi connectivity index (χ2v) is 5.59. The number of nitrogens with zero attached hydrogens (tertiary/aromatic N) is 1. The minimum atomic E-state index is -4.02. The molecule has 7 heteroatoms. The van der Waals surface area contributed by atoms with Gasteiger partial charge in [-0.2, -0.15) is 9.98 Å². The summed E-state index contributed by atoms with van der Waals surface area (Å²) in [6, 6.07) is 6.23. The Morgan fingerprint density at radius 2 is 2.11 bits per heavy atom. The maximum atomic E-state index is 12.1. The molecule has 0 amide bonds. The van der Waals surface area contributed by atoms with Crippen molar-refractivity contribution in [3.8, 4) is 6.07 Å². The Kier molecular flexibility index (Phi) is 5.03. The molecule has 19 heavy (non-hydrogen) atoms. The van der Waals surface area contributed by atoms with E-state index < -0.39 is 22.0 Å². The molecule has 0 fully saturated rings. The lowest BCUT2D eigenvalue weighted by Gasteiger charge is -2.14. The quantitative estimate of drug-likeness (QED) is 0.812. The third-order valence-electron chi connectivity index (χ3n) is 2.47. The van der Waals surface area contributed by atoms with Crippen LogP contribution in [0.4, 0.5) is 0 Å². The first-order valence-corrected chi connectivity index (χ1v) is 7.15. The third kappa shape index (κ3) is 3.77. The molecule has 102 valence electrons. The Bertz CT molecular complexity index is 604. The van der Waals surface area contributed by atoms with Gasteiger partial charge < -0.3 is 5.11 Å². The molecule has 1 atom stereocenters. The standard InChI is InChI=1S/C12H14N2O4S/c1-2-5-10(12(15)16)14-19(17,18)11-7-4-3-6-9(11)8-13/h3-4,6-7,10,14H,2,5H2,1H3,(H,15,16)/t10-/m1/s1. The van der Waals surface area contributed by atoms with Crippen molar-refractivity contribution in [1.29, 1.82) is 5.26 Å². The number of aliphatic carboxylic acids is 1. The van der Waals surface area contributed by atoms with E-state index in [1.54, 1.807) is 13.0 Å². The molecular formula is C12H14N2O4S. The van der Waals surface area contributed by atoms with Crippen molar-refractivity contribution in [2.24, 2.45) is 0 Å². The van der Waals surface area contributed by atoms with E-state index in [2.05, 4.69) is 4.72 Å². The number of carbonyl (C=O) groups is 1. The van der Waals surface area contributed by atoms with Crippen LogP contribution in [0, 0.1) is 11.3 Å². The molecule has 0 aliphatic carbocycles. The maximum absolute atomic E-state index is 12.1. The number of hydrogen-bond donors (Lipinski definition) is 2. The third-order valence-corrected chi connectivity index (χ3v) is 4.00. The van der Waals surface area contributed by atoms with E-state index >= 15 is 0 Å². The molecule has 1 rings (SSSR count). The summed E-state index contributed by atoms with van der Waals surface area (Å²) in [6.45, 7) is 1.76. The summed E-state index contributed by atoms with van der Waals surface area (Å²) in [7, 11) is -4.02. The van der Waals surface area contributed by atoms with E-state index in [1.807, 2.05) is 0 Å². The number of benzene rings is 1. The highest BCUT2D eigenvalue weighted by Gasteiger charge is 2.26. The first-order valence-electron chi connectivity index (χ1n) is 5.66. The normalized spacial score (nSPS) is 12.6. The Hall–Kier alpha value is -1.91. The van der Waals surface area contributed by atoms with Crippen LogP contribution in [0.25, 0.3) is 0 Å². The van der Waals surface area contributed by atoms with Crippen LogP contribution in [-0.2, 0) is 14.8 Å². The van der Waals surface area contributed by atoms with Gasteiger partial charge in [-0.3, -0.25) is 4.79 Å². The van der Waals surface area contributed by atoms with Crippen molar-refractivity contribution < 1.29 is 18.3 Å². The van der Waals surface area contributed by atoms with E-state index in [-0.39, 0.29) is 16.9 Å². The predicted octanol–water partition coefficient (Wildman–Crippen LogP) is 1.09. The Labute approximate surface area is 111 Å². The van der Waals surface area contributed by atoms with Gasteiger partial charge in [0, 0.05) is 0 Å². The number of sulfonamides is 1. The minimum absolute atomic E-state index is 0.0179. The zero-order chi connectivity index (χ0) is 14.5. The van der Waals surface area contributed by atoms with E-state index in [9.17, 15) is 13.2 Å². The molecular weight excluding hydrogens is 268 g/mol. The first-order chi connectivity index (χ1) is 8.92.